The topological polar surface area (TPSA) is 69.7 Å². The number of hydrogen-bond donors (Lipinski definition) is 1. The first-order valence-corrected chi connectivity index (χ1v) is 12.7. The molecule has 3 aromatic rings. The molecule has 0 aliphatic carbocycles. The number of carbonyl (C=O) groups excluding carboxylic acids is 3. The lowest BCUT2D eigenvalue weighted by Gasteiger charge is -2.23. The Balaban J connectivity index is 1.46. The largest absolute Gasteiger partial charge is 0.325 e. The van der Waals surface area contributed by atoms with Gasteiger partial charge < -0.3 is 5.32 Å². The Morgan fingerprint density at radius 3 is 2.44 bits per heavy atom. The van der Waals surface area contributed by atoms with Gasteiger partial charge in [-0.3, -0.25) is 24.2 Å². The summed E-state index contributed by atoms with van der Waals surface area (Å²) in [6.07, 6.45) is 0. The molecule has 8 heteroatoms. The van der Waals surface area contributed by atoms with Gasteiger partial charge in [0.05, 0.1) is 22.2 Å². The van der Waals surface area contributed by atoms with Gasteiger partial charge in [0.15, 0.2) is 0 Å². The van der Waals surface area contributed by atoms with Crippen LogP contribution in [0.3, 0.4) is 0 Å². The van der Waals surface area contributed by atoms with Crippen molar-refractivity contribution in [2.24, 2.45) is 0 Å². The second-order valence-corrected chi connectivity index (χ2v) is 10.3. The molecule has 1 saturated heterocycles. The zero-order valence-electron chi connectivity index (χ0n) is 19.7. The standard InChI is InChI=1S/C28H23N3O3S2/c1-17-9-8-12-20(15-17)29-23(32)16-30-22-14-7-6-13-21(22)24(26(30)33)25-27(34)31(28(35)36-25)18(2)19-10-4-3-5-11-19/h3-15,18H,16H2,1-2H3,(H,29,32)/b25-24-/t18-/m0/s1. The van der Waals surface area contributed by atoms with Gasteiger partial charge in [-0.1, -0.05) is 84.6 Å². The molecule has 0 radical (unpaired) electrons. The van der Waals surface area contributed by atoms with Crippen LogP contribution in [-0.4, -0.2) is 33.5 Å². The molecule has 2 aliphatic rings. The van der Waals surface area contributed by atoms with E-state index in [-0.39, 0.29) is 35.9 Å². The van der Waals surface area contributed by atoms with Crippen LogP contribution in [0.2, 0.25) is 0 Å². The summed E-state index contributed by atoms with van der Waals surface area (Å²) < 4.78 is 0.403. The Morgan fingerprint density at radius 1 is 0.972 bits per heavy atom. The van der Waals surface area contributed by atoms with Crippen molar-refractivity contribution < 1.29 is 14.4 Å². The van der Waals surface area contributed by atoms with Crippen molar-refractivity contribution in [3.05, 3.63) is 100 Å². The molecule has 0 unspecified atom stereocenters. The molecule has 36 heavy (non-hydrogen) atoms. The van der Waals surface area contributed by atoms with Crippen molar-refractivity contribution >= 4 is 63.0 Å². The maximum Gasteiger partial charge on any atom is 0.267 e. The lowest BCUT2D eigenvalue weighted by atomic mass is 10.1. The predicted octanol–water partition coefficient (Wildman–Crippen LogP) is 5.31. The van der Waals surface area contributed by atoms with Gasteiger partial charge in [-0.25, -0.2) is 0 Å². The summed E-state index contributed by atoms with van der Waals surface area (Å²) >= 11 is 6.71. The second kappa shape index (κ2) is 9.72. The van der Waals surface area contributed by atoms with E-state index in [4.69, 9.17) is 12.2 Å². The first-order valence-electron chi connectivity index (χ1n) is 11.5. The summed E-state index contributed by atoms with van der Waals surface area (Å²) in [6, 6.07) is 24.0. The summed E-state index contributed by atoms with van der Waals surface area (Å²) in [5, 5.41) is 2.85. The van der Waals surface area contributed by atoms with Crippen LogP contribution in [0.25, 0.3) is 5.57 Å². The molecule has 0 saturated carbocycles. The molecule has 180 valence electrons. The number of thioether (sulfide) groups is 1. The van der Waals surface area contributed by atoms with Gasteiger partial charge in [0.25, 0.3) is 11.8 Å². The Kier molecular flexibility index (Phi) is 6.47. The number of para-hydroxylation sites is 1. The number of fused-ring (bicyclic) bond motifs is 1. The quantitative estimate of drug-likeness (QED) is 0.370. The van der Waals surface area contributed by atoms with Crippen molar-refractivity contribution in [3.63, 3.8) is 0 Å². The summed E-state index contributed by atoms with van der Waals surface area (Å²) in [6.45, 7) is 3.69. The predicted molar refractivity (Wildman–Crippen MR) is 147 cm³/mol. The third-order valence-electron chi connectivity index (χ3n) is 6.22. The van der Waals surface area contributed by atoms with Crippen LogP contribution in [-0.2, 0) is 14.4 Å². The van der Waals surface area contributed by atoms with E-state index in [9.17, 15) is 14.4 Å². The number of nitrogens with one attached hydrogen (secondary N) is 1. The van der Waals surface area contributed by atoms with Crippen molar-refractivity contribution in [2.45, 2.75) is 19.9 Å². The van der Waals surface area contributed by atoms with E-state index >= 15 is 0 Å². The molecule has 2 aliphatic heterocycles. The number of rotatable bonds is 5. The zero-order valence-corrected chi connectivity index (χ0v) is 21.4. The van der Waals surface area contributed by atoms with E-state index in [2.05, 4.69) is 5.32 Å². The SMILES string of the molecule is Cc1cccc(NC(=O)CN2C(=O)/C(=C3\SC(=S)N([C@@H](C)c4ccccc4)C3=O)c3ccccc32)c1. The number of aryl methyl sites for hydroxylation is 1. The smallest absolute Gasteiger partial charge is 0.267 e. The Labute approximate surface area is 219 Å². The zero-order chi connectivity index (χ0) is 25.4. The van der Waals surface area contributed by atoms with Crippen LogP contribution in [0.1, 0.15) is 29.7 Å². The fourth-order valence-corrected chi connectivity index (χ4v) is 5.96. The minimum Gasteiger partial charge on any atom is -0.325 e. The van der Waals surface area contributed by atoms with E-state index in [0.29, 0.717) is 26.2 Å². The monoisotopic (exact) mass is 513 g/mol. The highest BCUT2D eigenvalue weighted by molar-refractivity contribution is 8.26. The molecule has 6 nitrogen and oxygen atoms in total. The molecule has 2 heterocycles. The fourth-order valence-electron chi connectivity index (χ4n) is 4.47. The molecular weight excluding hydrogens is 490 g/mol. The van der Waals surface area contributed by atoms with E-state index in [1.54, 1.807) is 23.1 Å². The minimum absolute atomic E-state index is 0.173. The van der Waals surface area contributed by atoms with Crippen LogP contribution in [0.15, 0.2) is 83.8 Å². The van der Waals surface area contributed by atoms with Gasteiger partial charge >= 0.3 is 0 Å². The van der Waals surface area contributed by atoms with Crippen LogP contribution >= 0.6 is 24.0 Å². The van der Waals surface area contributed by atoms with Crippen LogP contribution < -0.4 is 10.2 Å². The fraction of sp³-hybridized carbons (Fsp3) is 0.143. The molecular formula is C28H23N3O3S2. The minimum atomic E-state index is -0.386. The van der Waals surface area contributed by atoms with Crippen LogP contribution in [0.5, 0.6) is 0 Å². The van der Waals surface area contributed by atoms with Crippen molar-refractivity contribution in [2.75, 3.05) is 16.8 Å². The molecule has 1 N–H and O–H groups in total. The molecule has 5 rings (SSSR count). The van der Waals surface area contributed by atoms with Gasteiger partial charge in [-0.05, 0) is 43.2 Å². The van der Waals surface area contributed by atoms with Gasteiger partial charge in [0.1, 0.15) is 10.9 Å². The van der Waals surface area contributed by atoms with Gasteiger partial charge in [0.2, 0.25) is 5.91 Å². The molecule has 0 aromatic heterocycles. The normalized spacial score (nSPS) is 18.0. The molecule has 1 fully saturated rings. The number of amides is 3. The average Bonchev–Trinajstić information content (AvgIpc) is 3.31. The average molecular weight is 514 g/mol. The summed E-state index contributed by atoms with van der Waals surface area (Å²) in [5.74, 6) is -1.01. The highest BCUT2D eigenvalue weighted by Gasteiger charge is 2.43. The summed E-state index contributed by atoms with van der Waals surface area (Å²) in [4.78, 5) is 43.4. The second-order valence-electron chi connectivity index (χ2n) is 8.66. The maximum absolute atomic E-state index is 13.7. The molecule has 0 bridgehead atoms. The first kappa shape index (κ1) is 24.0. The van der Waals surface area contributed by atoms with Crippen molar-refractivity contribution in [1.82, 2.24) is 4.90 Å². The third-order valence-corrected chi connectivity index (χ3v) is 7.62. The number of benzene rings is 3. The molecule has 3 aromatic carbocycles. The van der Waals surface area contributed by atoms with Gasteiger partial charge in [-0.2, -0.15) is 0 Å². The Bertz CT molecular complexity index is 1430. The van der Waals surface area contributed by atoms with E-state index in [1.165, 1.54) is 4.90 Å². The van der Waals surface area contributed by atoms with Crippen molar-refractivity contribution in [1.29, 1.82) is 0 Å². The summed E-state index contributed by atoms with van der Waals surface area (Å²) in [7, 11) is 0. The summed E-state index contributed by atoms with van der Waals surface area (Å²) in [5.41, 5.74) is 4.14. The van der Waals surface area contributed by atoms with Gasteiger partial charge in [-0.15, -0.1) is 0 Å². The number of anilines is 2. The number of thiocarbonyl (C=S) groups is 1. The van der Waals surface area contributed by atoms with Crippen LogP contribution in [0, 0.1) is 6.92 Å². The van der Waals surface area contributed by atoms with Crippen LogP contribution in [0.4, 0.5) is 11.4 Å². The number of nitrogens with zero attached hydrogens (tertiary/aromatic N) is 2. The highest BCUT2D eigenvalue weighted by atomic mass is 32.2. The lowest BCUT2D eigenvalue weighted by molar-refractivity contribution is -0.123. The lowest BCUT2D eigenvalue weighted by Crippen LogP contribution is -2.35. The molecule has 0 spiro atoms. The molecule has 3 amide bonds. The van der Waals surface area contributed by atoms with Gasteiger partial charge in [0, 0.05) is 11.3 Å². The third kappa shape index (κ3) is 4.34. The maximum atomic E-state index is 13.7. The van der Waals surface area contributed by atoms with Crippen molar-refractivity contribution in [3.8, 4) is 0 Å². The number of hydrogen-bond acceptors (Lipinski definition) is 5. The first-order chi connectivity index (χ1) is 17.3. The Hall–Kier alpha value is -3.75. The van der Waals surface area contributed by atoms with E-state index < -0.39 is 0 Å². The Morgan fingerprint density at radius 2 is 1.69 bits per heavy atom. The van der Waals surface area contributed by atoms with E-state index in [1.807, 2.05) is 74.5 Å². The molecule has 1 atom stereocenters. The van der Waals surface area contributed by atoms with E-state index in [0.717, 1.165) is 22.9 Å². The number of carbonyl (C=O) groups is 3. The highest BCUT2D eigenvalue weighted by Crippen LogP contribution is 2.46.